The fourth-order valence-corrected chi connectivity index (χ4v) is 8.14. The standard InChI is InChI=1S/C52H80N2.2CH3.Ni/c1-5-9-13-14-15-16-17-18-19-20-21-22-23-24-25-26-27-28-29-30-31-32-36-46-37-33-34-40-48(46)52-50(39-12-8-4)49(38-11-7-3)51(54(52)53)47-43-41-45(42-44-47)35-10-6-2;;;/h33-34,37,40-44H,5-29,32,35-36,38-39H2,1-4H3;2*1H3;/q;2*-1;+2. The summed E-state index contributed by atoms with van der Waals surface area (Å²) in [5.74, 6) is 6.99. The van der Waals surface area contributed by atoms with E-state index in [1.54, 1.807) is 4.70 Å². The van der Waals surface area contributed by atoms with Crippen molar-refractivity contribution in [3.8, 4) is 11.8 Å². The molecule has 2 aromatic rings. The molecule has 0 amide bonds. The summed E-state index contributed by atoms with van der Waals surface area (Å²) < 4.78 is 1.56. The molecule has 3 rings (SSSR count). The average molecular weight is 822 g/mol. The molecule has 2 nitrogen and oxygen atoms in total. The molecular formula is C54H86N2Ni. The minimum atomic E-state index is 0. The van der Waals surface area contributed by atoms with Crippen LogP contribution in [0.4, 0.5) is 0 Å². The summed E-state index contributed by atoms with van der Waals surface area (Å²) in [6, 6.07) is 17.7. The smallest absolute Gasteiger partial charge is 0.493 e. The van der Waals surface area contributed by atoms with Crippen LogP contribution in [0.3, 0.4) is 0 Å². The van der Waals surface area contributed by atoms with Crippen LogP contribution >= 0.6 is 0 Å². The Kier molecular flexibility index (Phi) is 34.0. The minimum absolute atomic E-state index is 0. The second-order valence-electron chi connectivity index (χ2n) is 16.2. The van der Waals surface area contributed by atoms with Crippen LogP contribution in [-0.2, 0) is 29.3 Å². The Morgan fingerprint density at radius 2 is 0.860 bits per heavy atom. The van der Waals surface area contributed by atoms with E-state index in [0.29, 0.717) is 0 Å². The number of aryl methyl sites for hydroxylation is 2. The molecule has 0 spiro atoms. The molecule has 1 aliphatic rings. The van der Waals surface area contributed by atoms with Crippen molar-refractivity contribution < 1.29 is 21.2 Å². The number of hydrogen-bond donors (Lipinski definition) is 0. The Morgan fingerprint density at radius 3 is 1.37 bits per heavy atom. The topological polar surface area (TPSA) is 25.3 Å². The van der Waals surface area contributed by atoms with Crippen molar-refractivity contribution in [1.29, 1.82) is 0 Å². The second kappa shape index (κ2) is 35.5. The molecule has 322 valence electrons. The molecule has 0 aromatic heterocycles. The number of benzene rings is 2. The molecule has 1 heterocycles. The van der Waals surface area contributed by atoms with E-state index >= 15 is 0 Å². The predicted molar refractivity (Wildman–Crippen MR) is 250 cm³/mol. The molecule has 0 saturated carbocycles. The van der Waals surface area contributed by atoms with E-state index < -0.39 is 0 Å². The van der Waals surface area contributed by atoms with Crippen molar-refractivity contribution in [2.24, 2.45) is 0 Å². The zero-order valence-electron chi connectivity index (χ0n) is 38.0. The maximum atomic E-state index is 12.1. The number of nitrogens with zero attached hydrogens (tertiary/aromatic N) is 2. The number of allylic oxidation sites excluding steroid dienone is 2. The van der Waals surface area contributed by atoms with Crippen LogP contribution in [0.2, 0.25) is 0 Å². The van der Waals surface area contributed by atoms with E-state index in [4.69, 9.17) is 0 Å². The van der Waals surface area contributed by atoms with Gasteiger partial charge < -0.3 is 20.4 Å². The Labute approximate surface area is 365 Å². The van der Waals surface area contributed by atoms with Crippen molar-refractivity contribution in [3.05, 3.63) is 102 Å². The van der Waals surface area contributed by atoms with Crippen LogP contribution in [0, 0.1) is 26.7 Å². The Morgan fingerprint density at radius 1 is 0.439 bits per heavy atom. The molecular weight excluding hydrogens is 735 g/mol. The normalized spacial score (nSPS) is 12.2. The van der Waals surface area contributed by atoms with Crippen LogP contribution in [0.15, 0.2) is 59.7 Å². The van der Waals surface area contributed by atoms with Gasteiger partial charge in [-0.1, -0.05) is 186 Å². The third kappa shape index (κ3) is 20.9. The van der Waals surface area contributed by atoms with E-state index in [1.807, 2.05) is 0 Å². The first-order chi connectivity index (χ1) is 26.7. The summed E-state index contributed by atoms with van der Waals surface area (Å²) in [5, 5.41) is 0. The van der Waals surface area contributed by atoms with Crippen molar-refractivity contribution in [2.75, 3.05) is 0 Å². The fourth-order valence-electron chi connectivity index (χ4n) is 8.14. The average Bonchev–Trinajstić information content (AvgIpc) is 3.47. The molecule has 0 N–H and O–H groups in total. The van der Waals surface area contributed by atoms with Gasteiger partial charge in [0.25, 0.3) is 0 Å². The van der Waals surface area contributed by atoms with Crippen molar-refractivity contribution in [1.82, 2.24) is 0 Å². The van der Waals surface area contributed by atoms with E-state index in [-0.39, 0.29) is 31.3 Å². The number of hydrogen-bond acceptors (Lipinski definition) is 0. The quantitative estimate of drug-likeness (QED) is 0.0238. The molecule has 0 fully saturated rings. The van der Waals surface area contributed by atoms with E-state index in [1.165, 1.54) is 156 Å². The maximum absolute atomic E-state index is 12.1. The van der Waals surface area contributed by atoms with Crippen LogP contribution in [0.1, 0.15) is 230 Å². The van der Waals surface area contributed by atoms with E-state index in [0.717, 1.165) is 81.2 Å². The summed E-state index contributed by atoms with van der Waals surface area (Å²) in [6.07, 6.45) is 38.3. The van der Waals surface area contributed by atoms with E-state index in [2.05, 4.69) is 88.1 Å². The van der Waals surface area contributed by atoms with Gasteiger partial charge in [-0.15, -0.1) is 11.8 Å². The molecule has 57 heavy (non-hydrogen) atoms. The second-order valence-corrected chi connectivity index (χ2v) is 16.2. The predicted octanol–water partition coefficient (Wildman–Crippen LogP) is 17.8. The van der Waals surface area contributed by atoms with Gasteiger partial charge in [-0.05, 0) is 80.7 Å². The largest absolute Gasteiger partial charge is 2.00 e. The van der Waals surface area contributed by atoms with Crippen LogP contribution in [-0.4, -0.2) is 4.70 Å². The summed E-state index contributed by atoms with van der Waals surface area (Å²) in [6.45, 7) is 9.09. The molecule has 0 unspecified atom stereocenters. The number of unbranched alkanes of at least 4 members (excludes halogenated alkanes) is 21. The zero-order valence-corrected chi connectivity index (χ0v) is 39.0. The van der Waals surface area contributed by atoms with Crippen LogP contribution in [0.25, 0.3) is 16.9 Å². The maximum Gasteiger partial charge on any atom is 2.00 e. The van der Waals surface area contributed by atoms with Gasteiger partial charge in [-0.25, -0.2) is 4.70 Å². The summed E-state index contributed by atoms with van der Waals surface area (Å²) in [4.78, 5) is 0. The minimum Gasteiger partial charge on any atom is -0.493 e. The Balaban J connectivity index is 0.0000105. The van der Waals surface area contributed by atoms with Gasteiger partial charge in [0.1, 0.15) is 0 Å². The summed E-state index contributed by atoms with van der Waals surface area (Å²) >= 11 is 0. The van der Waals surface area contributed by atoms with Crippen LogP contribution < -0.4 is 0 Å². The number of rotatable bonds is 31. The van der Waals surface area contributed by atoms with Gasteiger partial charge >= 0.3 is 16.5 Å². The van der Waals surface area contributed by atoms with Gasteiger partial charge in [-0.3, -0.25) is 0 Å². The van der Waals surface area contributed by atoms with Gasteiger partial charge in [0, 0.05) is 35.1 Å². The third-order valence-electron chi connectivity index (χ3n) is 11.5. The summed E-state index contributed by atoms with van der Waals surface area (Å²) in [7, 11) is 0. The fraction of sp³-hybridized carbons (Fsp3) is 0.630. The molecule has 0 radical (unpaired) electrons. The molecule has 0 atom stereocenters. The van der Waals surface area contributed by atoms with Crippen molar-refractivity contribution in [3.63, 3.8) is 0 Å². The first-order valence-electron chi connectivity index (χ1n) is 23.2. The summed E-state index contributed by atoms with van der Waals surface area (Å²) in [5.41, 5.74) is 21.7. The molecule has 0 aliphatic carbocycles. The Bertz CT molecular complexity index is 1440. The SMILES string of the molecule is CCCCCCCCCCCCCCCCCCCCC#CCCc1ccccc1C1=C(CCCC)C(CCCC)=C(c2ccc(CCCC)cc2)[N+]1=[N-].[CH3-].[CH3-].[Ni+2]. The first-order valence-corrected chi connectivity index (χ1v) is 23.2. The zero-order chi connectivity index (χ0) is 38.5. The van der Waals surface area contributed by atoms with Crippen LogP contribution in [0.5, 0.6) is 0 Å². The monoisotopic (exact) mass is 821 g/mol. The molecule has 1 aliphatic heterocycles. The van der Waals surface area contributed by atoms with Crippen molar-refractivity contribution >= 4 is 11.4 Å². The van der Waals surface area contributed by atoms with Gasteiger partial charge in [0.2, 0.25) is 11.4 Å². The Hall–Kier alpha value is -2.43. The molecule has 0 bridgehead atoms. The van der Waals surface area contributed by atoms with Gasteiger partial charge in [0.05, 0.1) is 0 Å². The molecule has 0 saturated heterocycles. The molecule has 2 aromatic carbocycles. The van der Waals surface area contributed by atoms with E-state index in [9.17, 15) is 5.53 Å². The van der Waals surface area contributed by atoms with Crippen molar-refractivity contribution in [2.45, 2.75) is 220 Å². The van der Waals surface area contributed by atoms with Gasteiger partial charge in [-0.2, -0.15) is 0 Å². The molecule has 3 heteroatoms. The third-order valence-corrected chi connectivity index (χ3v) is 11.5. The van der Waals surface area contributed by atoms with Gasteiger partial charge in [0.15, 0.2) is 0 Å². The first kappa shape index (κ1) is 54.6.